The average Bonchev–Trinajstić information content (AvgIpc) is 2.77. The van der Waals surface area contributed by atoms with Crippen LogP contribution in [0.4, 0.5) is 0 Å². The lowest BCUT2D eigenvalue weighted by Crippen LogP contribution is -2.52. The zero-order valence-corrected chi connectivity index (χ0v) is 19.0. The lowest BCUT2D eigenvalue weighted by Gasteiger charge is -2.24. The van der Waals surface area contributed by atoms with Gasteiger partial charge in [0.25, 0.3) is 0 Å². The van der Waals surface area contributed by atoms with E-state index in [1.165, 1.54) is 21.0 Å². The van der Waals surface area contributed by atoms with Crippen molar-refractivity contribution >= 4 is 41.2 Å². The van der Waals surface area contributed by atoms with Gasteiger partial charge in [-0.05, 0) is 14.0 Å². The minimum Gasteiger partial charge on any atom is -0.358 e. The molecule has 0 aromatic heterocycles. The van der Waals surface area contributed by atoms with Crippen molar-refractivity contribution < 1.29 is 33.6 Å². The average molecular weight is 473 g/mol. The monoisotopic (exact) mass is 472 g/mol. The van der Waals surface area contributed by atoms with Gasteiger partial charge in [0.05, 0.1) is 32.8 Å². The number of nitrogens with two attached hydrogens (primary N) is 1. The van der Waals surface area contributed by atoms with E-state index in [0.717, 1.165) is 9.80 Å². The van der Waals surface area contributed by atoms with Crippen LogP contribution in [0.15, 0.2) is 0 Å². The van der Waals surface area contributed by atoms with E-state index in [1.54, 1.807) is 0 Å². The zero-order chi connectivity index (χ0) is 25.4. The smallest absolute Gasteiger partial charge is 0.243 e. The van der Waals surface area contributed by atoms with Crippen LogP contribution in [0, 0.1) is 0 Å². The molecule has 15 heteroatoms. The molecule has 0 aliphatic heterocycles. The van der Waals surface area contributed by atoms with Gasteiger partial charge < -0.3 is 42.1 Å². The molecular weight excluding hydrogens is 440 g/mol. The van der Waals surface area contributed by atoms with Gasteiger partial charge in [-0.3, -0.25) is 33.6 Å². The number of carbonyl (C=O) groups excluding carboxylic acids is 7. The topological polar surface area (TPSA) is 212 Å². The molecule has 0 saturated heterocycles. The van der Waals surface area contributed by atoms with Gasteiger partial charge in [-0.25, -0.2) is 0 Å². The summed E-state index contributed by atoms with van der Waals surface area (Å²) in [7, 11) is 2.91. The number of ketones is 1. The molecule has 0 heterocycles. The summed E-state index contributed by atoms with van der Waals surface area (Å²) in [5.41, 5.74) is 5.20. The van der Waals surface area contributed by atoms with Crippen LogP contribution in [0.25, 0.3) is 0 Å². The van der Waals surface area contributed by atoms with Crippen molar-refractivity contribution in [3.63, 3.8) is 0 Å². The van der Waals surface area contributed by atoms with E-state index >= 15 is 0 Å². The van der Waals surface area contributed by atoms with Gasteiger partial charge in [-0.1, -0.05) is 0 Å². The fourth-order valence-electron chi connectivity index (χ4n) is 2.20. The molecule has 0 radical (unpaired) electrons. The highest BCUT2D eigenvalue weighted by atomic mass is 16.2. The Kier molecular flexibility index (Phi) is 14.3. The summed E-state index contributed by atoms with van der Waals surface area (Å²) >= 11 is 0. The molecule has 0 aliphatic rings. The van der Waals surface area contributed by atoms with E-state index in [1.807, 2.05) is 0 Å². The molecule has 0 fully saturated rings. The SMILES string of the molecule is CNCC(=O)N(CC(=O)NC)CC(=O)NCC(=O)N(CNC(=O)CN)CC(=O)NCC(C)=O. The molecule has 7 N–H and O–H groups in total. The Morgan fingerprint density at radius 1 is 0.667 bits per heavy atom. The van der Waals surface area contributed by atoms with Gasteiger partial charge in [-0.2, -0.15) is 0 Å². The van der Waals surface area contributed by atoms with Crippen LogP contribution in [-0.4, -0.2) is 118 Å². The number of rotatable bonds is 15. The number of hydrogen-bond acceptors (Lipinski definition) is 9. The van der Waals surface area contributed by atoms with Crippen molar-refractivity contribution in [3.8, 4) is 0 Å². The Labute approximate surface area is 191 Å². The number of nitrogens with zero attached hydrogens (tertiary/aromatic N) is 2. The maximum absolute atomic E-state index is 12.5. The second-order valence-corrected chi connectivity index (χ2v) is 6.76. The summed E-state index contributed by atoms with van der Waals surface area (Å²) in [5, 5.41) is 11.9. The molecule has 186 valence electrons. The Bertz CT molecular complexity index is 743. The first-order valence-electron chi connectivity index (χ1n) is 9.94. The number of amides is 6. The number of carbonyl (C=O) groups is 7. The largest absolute Gasteiger partial charge is 0.358 e. The van der Waals surface area contributed by atoms with Crippen molar-refractivity contribution in [1.82, 2.24) is 36.4 Å². The Morgan fingerprint density at radius 2 is 1.18 bits per heavy atom. The second-order valence-electron chi connectivity index (χ2n) is 6.76. The number of hydrogen-bond donors (Lipinski definition) is 6. The second kappa shape index (κ2) is 16.1. The third kappa shape index (κ3) is 13.4. The summed E-state index contributed by atoms with van der Waals surface area (Å²) in [5.74, 6) is -3.95. The summed E-state index contributed by atoms with van der Waals surface area (Å²) in [4.78, 5) is 84.7. The van der Waals surface area contributed by atoms with Crippen molar-refractivity contribution in [3.05, 3.63) is 0 Å². The zero-order valence-electron chi connectivity index (χ0n) is 19.0. The van der Waals surface area contributed by atoms with Gasteiger partial charge in [-0.15, -0.1) is 0 Å². The van der Waals surface area contributed by atoms with Crippen LogP contribution in [0.5, 0.6) is 0 Å². The highest BCUT2D eigenvalue weighted by Gasteiger charge is 2.22. The first-order chi connectivity index (χ1) is 15.5. The lowest BCUT2D eigenvalue weighted by atomic mass is 10.3. The van der Waals surface area contributed by atoms with E-state index < -0.39 is 55.1 Å². The lowest BCUT2D eigenvalue weighted by molar-refractivity contribution is -0.140. The molecule has 6 amide bonds. The third-order valence-corrected chi connectivity index (χ3v) is 3.94. The summed E-state index contributed by atoms with van der Waals surface area (Å²) in [6.45, 7) is -1.63. The maximum atomic E-state index is 12.5. The highest BCUT2D eigenvalue weighted by Crippen LogP contribution is 1.92. The minimum atomic E-state index is -0.724. The van der Waals surface area contributed by atoms with Crippen molar-refractivity contribution in [2.24, 2.45) is 5.73 Å². The Morgan fingerprint density at radius 3 is 1.70 bits per heavy atom. The van der Waals surface area contributed by atoms with E-state index in [0.29, 0.717) is 0 Å². The van der Waals surface area contributed by atoms with Crippen LogP contribution in [0.2, 0.25) is 0 Å². The molecule has 0 unspecified atom stereocenters. The standard InChI is InChI=1S/C18H32N8O7/c1-12(27)5-22-16(31)10-26(11-24-13(28)4-19)18(33)7-23-15(30)9-25(8-14(29)21-3)17(32)6-20-2/h20H,4-11,19H2,1-3H3,(H,21,29)(H,22,31)(H,23,30)(H,24,28). The van der Waals surface area contributed by atoms with Crippen molar-refractivity contribution in [2.75, 3.05) is 66.6 Å². The molecule has 33 heavy (non-hydrogen) atoms. The van der Waals surface area contributed by atoms with Crippen LogP contribution < -0.4 is 32.3 Å². The molecule has 0 bridgehead atoms. The first kappa shape index (κ1) is 29.4. The van der Waals surface area contributed by atoms with Crippen molar-refractivity contribution in [1.29, 1.82) is 0 Å². The quantitative estimate of drug-likeness (QED) is 0.125. The van der Waals surface area contributed by atoms with E-state index in [2.05, 4.69) is 26.6 Å². The minimum absolute atomic E-state index is 0.104. The Hall–Kier alpha value is -3.59. The first-order valence-corrected chi connectivity index (χ1v) is 9.94. The fraction of sp³-hybridized carbons (Fsp3) is 0.611. The van der Waals surface area contributed by atoms with Gasteiger partial charge >= 0.3 is 0 Å². The fourth-order valence-corrected chi connectivity index (χ4v) is 2.20. The van der Waals surface area contributed by atoms with Crippen LogP contribution in [0.1, 0.15) is 6.92 Å². The normalized spacial score (nSPS) is 9.94. The van der Waals surface area contributed by atoms with Gasteiger partial charge in [0.1, 0.15) is 25.4 Å². The molecule has 15 nitrogen and oxygen atoms in total. The summed E-state index contributed by atoms with van der Waals surface area (Å²) in [6, 6.07) is 0. The molecule has 0 rings (SSSR count). The summed E-state index contributed by atoms with van der Waals surface area (Å²) in [6.07, 6.45) is 0. The number of Topliss-reactive ketones (excluding diaryl/α,β-unsaturated/α-hetero) is 1. The summed E-state index contributed by atoms with van der Waals surface area (Å²) < 4.78 is 0. The van der Waals surface area contributed by atoms with Gasteiger partial charge in [0.2, 0.25) is 35.4 Å². The third-order valence-electron chi connectivity index (χ3n) is 3.94. The van der Waals surface area contributed by atoms with E-state index in [9.17, 15) is 33.6 Å². The highest BCUT2D eigenvalue weighted by molar-refractivity contribution is 5.92. The van der Waals surface area contributed by atoms with Crippen LogP contribution in [0.3, 0.4) is 0 Å². The molecule has 0 saturated carbocycles. The molecular formula is C18H32N8O7. The van der Waals surface area contributed by atoms with E-state index in [4.69, 9.17) is 5.73 Å². The predicted octanol–water partition coefficient (Wildman–Crippen LogP) is -5.54. The van der Waals surface area contributed by atoms with Crippen molar-refractivity contribution in [2.45, 2.75) is 6.92 Å². The van der Waals surface area contributed by atoms with E-state index in [-0.39, 0.29) is 38.6 Å². The molecule has 0 aromatic rings. The number of nitrogens with one attached hydrogen (secondary N) is 5. The molecule has 0 atom stereocenters. The maximum Gasteiger partial charge on any atom is 0.243 e. The van der Waals surface area contributed by atoms with Gasteiger partial charge in [0.15, 0.2) is 0 Å². The Balaban J connectivity index is 5.01. The predicted molar refractivity (Wildman–Crippen MR) is 115 cm³/mol. The van der Waals surface area contributed by atoms with Crippen LogP contribution in [-0.2, 0) is 33.6 Å². The van der Waals surface area contributed by atoms with Crippen LogP contribution >= 0.6 is 0 Å². The molecule has 0 aliphatic carbocycles. The molecule has 0 aromatic carbocycles. The van der Waals surface area contributed by atoms with Gasteiger partial charge in [0, 0.05) is 7.05 Å². The number of likely N-dealkylation sites (N-methyl/N-ethyl adjacent to an activating group) is 2. The molecule has 0 spiro atoms.